The molecule has 0 fully saturated rings. The van der Waals surface area contributed by atoms with Gasteiger partial charge in [-0.05, 0) is 17.7 Å². The average Bonchev–Trinajstić information content (AvgIpc) is 2.47. The molecule has 90 valence electrons. The van der Waals surface area contributed by atoms with Crippen LogP contribution in [0.2, 0.25) is 0 Å². The summed E-state index contributed by atoms with van der Waals surface area (Å²) >= 11 is 0. The smallest absolute Gasteiger partial charge is 0.129 e. The van der Waals surface area contributed by atoms with Crippen LogP contribution in [0, 0.1) is 0 Å². The molecule has 0 radical (unpaired) electrons. The van der Waals surface area contributed by atoms with E-state index in [4.69, 9.17) is 10.6 Å². The number of hydrogen-bond donors (Lipinski definition) is 1. The molecule has 0 saturated carbocycles. The van der Waals surface area contributed by atoms with Crippen molar-refractivity contribution in [2.24, 2.45) is 10.9 Å². The van der Waals surface area contributed by atoms with Gasteiger partial charge in [-0.1, -0.05) is 42.5 Å². The molecule has 1 aliphatic heterocycles. The van der Waals surface area contributed by atoms with Crippen molar-refractivity contribution in [3.63, 3.8) is 0 Å². The summed E-state index contributed by atoms with van der Waals surface area (Å²) in [7, 11) is 0. The SMILES string of the molecule is N/N=C1/C[C@H](c2ccccc2)Oc2ccccc21. The van der Waals surface area contributed by atoms with Crippen LogP contribution in [-0.4, -0.2) is 5.71 Å². The van der Waals surface area contributed by atoms with Gasteiger partial charge in [0, 0.05) is 12.0 Å². The Labute approximate surface area is 106 Å². The maximum absolute atomic E-state index is 6.01. The molecule has 2 aromatic rings. The fourth-order valence-electron chi connectivity index (χ4n) is 2.26. The molecule has 0 aromatic heterocycles. The summed E-state index contributed by atoms with van der Waals surface area (Å²) in [5.74, 6) is 6.34. The first-order valence-corrected chi connectivity index (χ1v) is 5.96. The van der Waals surface area contributed by atoms with Gasteiger partial charge >= 0.3 is 0 Å². The van der Waals surface area contributed by atoms with Gasteiger partial charge in [-0.25, -0.2) is 0 Å². The maximum atomic E-state index is 6.01. The lowest BCUT2D eigenvalue weighted by atomic mass is 9.96. The Bertz CT molecular complexity index is 578. The van der Waals surface area contributed by atoms with Crippen LogP contribution in [-0.2, 0) is 0 Å². The van der Waals surface area contributed by atoms with E-state index in [0.717, 1.165) is 22.6 Å². The van der Waals surface area contributed by atoms with Crippen molar-refractivity contribution in [1.29, 1.82) is 0 Å². The Balaban J connectivity index is 2.00. The van der Waals surface area contributed by atoms with E-state index in [-0.39, 0.29) is 6.10 Å². The fraction of sp³-hybridized carbons (Fsp3) is 0.133. The molecule has 0 saturated heterocycles. The molecule has 1 heterocycles. The minimum atomic E-state index is -0.0107. The summed E-state index contributed by atoms with van der Waals surface area (Å²) in [6.45, 7) is 0. The van der Waals surface area contributed by atoms with Crippen molar-refractivity contribution in [3.8, 4) is 5.75 Å². The van der Waals surface area contributed by atoms with Crippen molar-refractivity contribution in [2.75, 3.05) is 0 Å². The molecule has 0 unspecified atom stereocenters. The van der Waals surface area contributed by atoms with Crippen LogP contribution in [0.4, 0.5) is 0 Å². The molecular formula is C15H14N2O. The molecule has 1 aliphatic rings. The first-order valence-electron chi connectivity index (χ1n) is 5.96. The lowest BCUT2D eigenvalue weighted by molar-refractivity contribution is 0.206. The molecule has 0 amide bonds. The van der Waals surface area contributed by atoms with Crippen molar-refractivity contribution in [3.05, 3.63) is 65.7 Å². The average molecular weight is 238 g/mol. The summed E-state index contributed by atoms with van der Waals surface area (Å²) in [6.07, 6.45) is 0.695. The lowest BCUT2D eigenvalue weighted by Gasteiger charge is -2.27. The minimum absolute atomic E-state index is 0.0107. The van der Waals surface area contributed by atoms with Crippen LogP contribution in [0.5, 0.6) is 5.75 Å². The summed E-state index contributed by atoms with van der Waals surface area (Å²) in [5.41, 5.74) is 3.03. The van der Waals surface area contributed by atoms with Gasteiger partial charge in [-0.3, -0.25) is 0 Å². The Hall–Kier alpha value is -2.29. The zero-order chi connectivity index (χ0) is 12.4. The van der Waals surface area contributed by atoms with Gasteiger partial charge in [0.2, 0.25) is 0 Å². The third kappa shape index (κ3) is 1.84. The van der Waals surface area contributed by atoms with Gasteiger partial charge in [0.05, 0.1) is 5.71 Å². The van der Waals surface area contributed by atoms with Crippen molar-refractivity contribution in [2.45, 2.75) is 12.5 Å². The highest BCUT2D eigenvalue weighted by Crippen LogP contribution is 2.34. The Morgan fingerprint density at radius 3 is 2.50 bits per heavy atom. The predicted molar refractivity (Wildman–Crippen MR) is 71.6 cm³/mol. The van der Waals surface area contributed by atoms with Crippen LogP contribution >= 0.6 is 0 Å². The van der Waals surface area contributed by atoms with Gasteiger partial charge in [-0.15, -0.1) is 0 Å². The molecule has 1 atom stereocenters. The quantitative estimate of drug-likeness (QED) is 0.613. The zero-order valence-corrected chi connectivity index (χ0v) is 9.91. The van der Waals surface area contributed by atoms with Crippen LogP contribution in [0.1, 0.15) is 23.7 Å². The van der Waals surface area contributed by atoms with E-state index in [9.17, 15) is 0 Å². The zero-order valence-electron chi connectivity index (χ0n) is 9.91. The van der Waals surface area contributed by atoms with Crippen molar-refractivity contribution in [1.82, 2.24) is 0 Å². The minimum Gasteiger partial charge on any atom is -0.485 e. The Morgan fingerprint density at radius 1 is 1.00 bits per heavy atom. The van der Waals surface area contributed by atoms with Gasteiger partial charge in [0.1, 0.15) is 11.9 Å². The van der Waals surface area contributed by atoms with E-state index >= 15 is 0 Å². The standard InChI is InChI=1S/C15H14N2O/c16-17-13-10-15(11-6-2-1-3-7-11)18-14-9-5-4-8-12(13)14/h1-9,15H,10,16H2/b17-13-/t15-/m1/s1. The third-order valence-electron chi connectivity index (χ3n) is 3.17. The number of benzene rings is 2. The topological polar surface area (TPSA) is 47.6 Å². The van der Waals surface area contributed by atoms with E-state index in [1.165, 1.54) is 0 Å². The van der Waals surface area contributed by atoms with Gasteiger partial charge in [-0.2, -0.15) is 5.10 Å². The number of nitrogens with zero attached hydrogens (tertiary/aromatic N) is 1. The first kappa shape index (κ1) is 10.8. The number of hydrogen-bond acceptors (Lipinski definition) is 3. The molecule has 3 nitrogen and oxygen atoms in total. The van der Waals surface area contributed by atoms with E-state index < -0.39 is 0 Å². The Morgan fingerprint density at radius 2 is 1.72 bits per heavy atom. The van der Waals surface area contributed by atoms with Gasteiger partial charge in [0.25, 0.3) is 0 Å². The molecule has 18 heavy (non-hydrogen) atoms. The summed E-state index contributed by atoms with van der Waals surface area (Å²) in [4.78, 5) is 0. The molecule has 3 rings (SSSR count). The molecule has 3 heteroatoms. The third-order valence-corrected chi connectivity index (χ3v) is 3.17. The highest BCUT2D eigenvalue weighted by Gasteiger charge is 2.25. The van der Waals surface area contributed by atoms with E-state index in [1.54, 1.807) is 0 Å². The van der Waals surface area contributed by atoms with E-state index in [0.29, 0.717) is 6.42 Å². The molecule has 0 aliphatic carbocycles. The lowest BCUT2D eigenvalue weighted by Crippen LogP contribution is -2.21. The summed E-state index contributed by atoms with van der Waals surface area (Å²) in [5, 5.41) is 3.90. The van der Waals surface area contributed by atoms with Crippen molar-refractivity contribution < 1.29 is 4.74 Å². The second-order valence-electron chi connectivity index (χ2n) is 4.29. The number of hydrazone groups is 1. The van der Waals surface area contributed by atoms with Gasteiger partial charge < -0.3 is 10.6 Å². The second-order valence-corrected chi connectivity index (χ2v) is 4.29. The monoisotopic (exact) mass is 238 g/mol. The highest BCUT2D eigenvalue weighted by atomic mass is 16.5. The van der Waals surface area contributed by atoms with E-state index in [1.807, 2.05) is 42.5 Å². The highest BCUT2D eigenvalue weighted by molar-refractivity contribution is 6.03. The number of nitrogens with two attached hydrogens (primary N) is 1. The number of rotatable bonds is 1. The molecule has 2 aromatic carbocycles. The maximum Gasteiger partial charge on any atom is 0.129 e. The van der Waals surface area contributed by atoms with Crippen LogP contribution in [0.15, 0.2) is 59.7 Å². The summed E-state index contributed by atoms with van der Waals surface area (Å²) < 4.78 is 6.01. The molecule has 0 bridgehead atoms. The predicted octanol–water partition coefficient (Wildman–Crippen LogP) is 2.87. The normalized spacial score (nSPS) is 20.2. The largest absolute Gasteiger partial charge is 0.485 e. The fourth-order valence-corrected chi connectivity index (χ4v) is 2.26. The van der Waals surface area contributed by atoms with Gasteiger partial charge in [0.15, 0.2) is 0 Å². The first-order chi connectivity index (χ1) is 8.88. The van der Waals surface area contributed by atoms with Crippen LogP contribution in [0.3, 0.4) is 0 Å². The number of fused-ring (bicyclic) bond motifs is 1. The second kappa shape index (κ2) is 4.53. The number of ether oxygens (including phenoxy) is 1. The summed E-state index contributed by atoms with van der Waals surface area (Å²) in [6, 6.07) is 18.0. The van der Waals surface area contributed by atoms with Crippen molar-refractivity contribution >= 4 is 5.71 Å². The molecular weight excluding hydrogens is 224 g/mol. The Kier molecular flexibility index (Phi) is 2.73. The number of para-hydroxylation sites is 1. The van der Waals surface area contributed by atoms with Crippen LogP contribution in [0.25, 0.3) is 0 Å². The van der Waals surface area contributed by atoms with E-state index in [2.05, 4.69) is 17.2 Å². The molecule has 0 spiro atoms. The van der Waals surface area contributed by atoms with Crippen LogP contribution < -0.4 is 10.6 Å². The molecule has 2 N–H and O–H groups in total.